The average molecular weight is 318 g/mol. The molecule has 0 amide bonds. The number of nitrogens with one attached hydrogen (secondary N) is 1. The summed E-state index contributed by atoms with van der Waals surface area (Å²) in [7, 11) is -1.15. The highest BCUT2D eigenvalue weighted by Gasteiger charge is 2.26. The van der Waals surface area contributed by atoms with E-state index >= 15 is 0 Å². The van der Waals surface area contributed by atoms with Crippen LogP contribution in [0.1, 0.15) is 12.5 Å². The Kier molecular flexibility index (Phi) is 5.78. The number of rotatable bonds is 7. The van der Waals surface area contributed by atoms with Crippen LogP contribution in [0.4, 0.5) is 5.69 Å². The molecule has 0 aliphatic rings. The van der Waals surface area contributed by atoms with E-state index < -0.39 is 27.3 Å². The summed E-state index contributed by atoms with van der Waals surface area (Å²) in [6, 6.07) is 3.01. The molecule has 118 valence electrons. The predicted octanol–water partition coefficient (Wildman–Crippen LogP) is 1.19. The first-order chi connectivity index (χ1) is 9.72. The van der Waals surface area contributed by atoms with Crippen molar-refractivity contribution >= 4 is 15.7 Å². The van der Waals surface area contributed by atoms with Crippen LogP contribution in [0, 0.1) is 17.0 Å². The van der Waals surface area contributed by atoms with Crippen LogP contribution in [-0.4, -0.2) is 39.9 Å². The molecule has 1 rings (SSSR count). The minimum absolute atomic E-state index is 0.144. The molecular weight excluding hydrogens is 300 g/mol. The first-order valence-electron chi connectivity index (χ1n) is 6.06. The first-order valence-corrected chi connectivity index (χ1v) is 7.54. The van der Waals surface area contributed by atoms with Gasteiger partial charge in [0.25, 0.3) is 5.69 Å². The Bertz CT molecular complexity index is 612. The third-order valence-corrected chi connectivity index (χ3v) is 4.59. The molecule has 0 fully saturated rings. The van der Waals surface area contributed by atoms with Gasteiger partial charge >= 0.3 is 0 Å². The molecule has 0 aliphatic heterocycles. The van der Waals surface area contributed by atoms with Crippen LogP contribution in [0.2, 0.25) is 0 Å². The summed E-state index contributed by atoms with van der Waals surface area (Å²) in [5, 5.41) is 10.8. The minimum Gasteiger partial charge on any atom is -0.354 e. The molecule has 1 unspecified atom stereocenters. The normalized spacial score (nSPS) is 13.4. The second-order valence-corrected chi connectivity index (χ2v) is 6.14. The third-order valence-electron chi connectivity index (χ3n) is 2.89. The molecule has 0 heterocycles. The molecule has 0 saturated carbocycles. The van der Waals surface area contributed by atoms with Gasteiger partial charge in [-0.15, -0.1) is 0 Å². The van der Waals surface area contributed by atoms with E-state index in [1.807, 2.05) is 0 Å². The number of nitrogens with zero attached hydrogens (tertiary/aromatic N) is 1. The van der Waals surface area contributed by atoms with Crippen LogP contribution in [0.15, 0.2) is 23.1 Å². The summed E-state index contributed by atoms with van der Waals surface area (Å²) in [5.74, 6) is 0. The van der Waals surface area contributed by atoms with Crippen molar-refractivity contribution in [3.8, 4) is 0 Å². The number of ether oxygens (including phenoxy) is 2. The minimum atomic E-state index is -3.93. The zero-order valence-corrected chi connectivity index (χ0v) is 13.0. The fourth-order valence-corrected chi connectivity index (χ4v) is 3.36. The van der Waals surface area contributed by atoms with E-state index in [9.17, 15) is 18.5 Å². The smallest absolute Gasteiger partial charge is 0.270 e. The van der Waals surface area contributed by atoms with Crippen molar-refractivity contribution in [2.45, 2.75) is 31.1 Å². The van der Waals surface area contributed by atoms with E-state index in [1.165, 1.54) is 26.4 Å². The van der Waals surface area contributed by atoms with Crippen molar-refractivity contribution in [1.29, 1.82) is 0 Å². The van der Waals surface area contributed by atoms with Crippen molar-refractivity contribution in [2.75, 3.05) is 14.2 Å². The molecular formula is C12H18N2O6S. The summed E-state index contributed by atoms with van der Waals surface area (Å²) >= 11 is 0. The molecule has 0 saturated heterocycles. The second kappa shape index (κ2) is 6.94. The lowest BCUT2D eigenvalue weighted by atomic mass is 10.2. The number of non-ortho nitro benzene ring substituents is 1. The van der Waals surface area contributed by atoms with E-state index in [2.05, 4.69) is 4.72 Å². The Morgan fingerprint density at radius 2 is 1.86 bits per heavy atom. The first kappa shape index (κ1) is 17.5. The van der Waals surface area contributed by atoms with Crippen molar-refractivity contribution in [1.82, 2.24) is 4.72 Å². The standard InChI is InChI=1S/C12H18N2O6S/c1-8-5-6-10(14(15)16)7-11(8)21(17,18)13-9(2)12(19-3)20-4/h5-7,9,12-13H,1-4H3. The number of hydrogen-bond acceptors (Lipinski definition) is 6. The van der Waals surface area contributed by atoms with Crippen LogP contribution < -0.4 is 4.72 Å². The van der Waals surface area contributed by atoms with Crippen molar-refractivity contribution in [3.05, 3.63) is 33.9 Å². The molecule has 0 bridgehead atoms. The molecule has 1 aromatic rings. The van der Waals surface area contributed by atoms with E-state index in [1.54, 1.807) is 13.8 Å². The van der Waals surface area contributed by atoms with Gasteiger partial charge in [0.15, 0.2) is 6.29 Å². The Hall–Kier alpha value is -1.55. The number of methoxy groups -OCH3 is 2. The van der Waals surface area contributed by atoms with Gasteiger partial charge in [-0.2, -0.15) is 0 Å². The van der Waals surface area contributed by atoms with Crippen LogP contribution in [0.3, 0.4) is 0 Å². The van der Waals surface area contributed by atoms with E-state index in [0.717, 1.165) is 6.07 Å². The van der Waals surface area contributed by atoms with E-state index in [0.29, 0.717) is 5.56 Å². The van der Waals surface area contributed by atoms with E-state index in [-0.39, 0.29) is 10.6 Å². The molecule has 8 nitrogen and oxygen atoms in total. The highest BCUT2D eigenvalue weighted by Crippen LogP contribution is 2.22. The van der Waals surface area contributed by atoms with Gasteiger partial charge in [0.05, 0.1) is 15.9 Å². The summed E-state index contributed by atoms with van der Waals surface area (Å²) < 4.78 is 37.0. The number of sulfonamides is 1. The van der Waals surface area contributed by atoms with Crippen molar-refractivity contribution in [2.24, 2.45) is 0 Å². The average Bonchev–Trinajstić information content (AvgIpc) is 2.39. The molecule has 0 aromatic heterocycles. The van der Waals surface area contributed by atoms with Crippen molar-refractivity contribution in [3.63, 3.8) is 0 Å². The molecule has 21 heavy (non-hydrogen) atoms. The van der Waals surface area contributed by atoms with Gasteiger partial charge in [0.2, 0.25) is 10.0 Å². The summed E-state index contributed by atoms with van der Waals surface area (Å²) in [4.78, 5) is 9.98. The van der Waals surface area contributed by atoms with Gasteiger partial charge in [-0.05, 0) is 19.4 Å². The second-order valence-electron chi connectivity index (χ2n) is 4.46. The molecule has 1 atom stereocenters. The van der Waals surface area contributed by atoms with E-state index in [4.69, 9.17) is 9.47 Å². The summed E-state index contributed by atoms with van der Waals surface area (Å²) in [5.41, 5.74) is 0.121. The molecule has 0 aliphatic carbocycles. The van der Waals surface area contributed by atoms with Gasteiger partial charge in [-0.3, -0.25) is 10.1 Å². The van der Waals surface area contributed by atoms with Crippen LogP contribution in [0.25, 0.3) is 0 Å². The van der Waals surface area contributed by atoms with Gasteiger partial charge in [-0.1, -0.05) is 6.07 Å². The SMILES string of the molecule is COC(OC)C(C)NS(=O)(=O)c1cc([N+](=O)[O-])ccc1C. The number of nitro benzene ring substituents is 1. The van der Waals surface area contributed by atoms with Gasteiger partial charge in [0.1, 0.15) is 0 Å². The Labute approximate surface area is 123 Å². The topological polar surface area (TPSA) is 108 Å². The fourth-order valence-electron chi connectivity index (χ4n) is 1.86. The van der Waals surface area contributed by atoms with Crippen LogP contribution in [-0.2, 0) is 19.5 Å². The van der Waals surface area contributed by atoms with Gasteiger partial charge < -0.3 is 9.47 Å². The molecule has 1 N–H and O–H groups in total. The highest BCUT2D eigenvalue weighted by molar-refractivity contribution is 7.89. The number of nitro groups is 1. The lowest BCUT2D eigenvalue weighted by Gasteiger charge is -2.22. The quantitative estimate of drug-likeness (QED) is 0.459. The number of hydrogen-bond donors (Lipinski definition) is 1. The lowest BCUT2D eigenvalue weighted by Crippen LogP contribution is -2.43. The Balaban J connectivity index is 3.13. The maximum atomic E-state index is 12.3. The third kappa shape index (κ3) is 4.21. The Morgan fingerprint density at radius 3 is 2.33 bits per heavy atom. The summed E-state index contributed by atoms with van der Waals surface area (Å²) in [6.07, 6.45) is -0.765. The van der Waals surface area contributed by atoms with Crippen molar-refractivity contribution < 1.29 is 22.8 Å². The zero-order valence-electron chi connectivity index (χ0n) is 12.2. The van der Waals surface area contributed by atoms with Gasteiger partial charge in [-0.25, -0.2) is 13.1 Å². The molecule has 0 radical (unpaired) electrons. The van der Waals surface area contributed by atoms with Crippen LogP contribution in [0.5, 0.6) is 0 Å². The Morgan fingerprint density at radius 1 is 1.29 bits per heavy atom. The molecule has 0 spiro atoms. The fraction of sp³-hybridized carbons (Fsp3) is 0.500. The largest absolute Gasteiger partial charge is 0.354 e. The maximum absolute atomic E-state index is 12.3. The monoisotopic (exact) mass is 318 g/mol. The van der Waals surface area contributed by atoms with Gasteiger partial charge in [0, 0.05) is 26.4 Å². The number of aryl methyl sites for hydroxylation is 1. The highest BCUT2D eigenvalue weighted by atomic mass is 32.2. The zero-order chi connectivity index (χ0) is 16.2. The predicted molar refractivity (Wildman–Crippen MR) is 75.4 cm³/mol. The van der Waals surface area contributed by atoms with Crippen LogP contribution >= 0.6 is 0 Å². The molecule has 9 heteroatoms. The maximum Gasteiger partial charge on any atom is 0.270 e. The number of benzene rings is 1. The summed E-state index contributed by atoms with van der Waals surface area (Å²) in [6.45, 7) is 3.13. The molecule has 1 aromatic carbocycles. The lowest BCUT2D eigenvalue weighted by molar-refractivity contribution is -0.385.